The van der Waals surface area contributed by atoms with Crippen LogP contribution in [0.15, 0.2) is 61.2 Å². The molecule has 24 heavy (non-hydrogen) atoms. The first-order valence-corrected chi connectivity index (χ1v) is 7.96. The summed E-state index contributed by atoms with van der Waals surface area (Å²) < 4.78 is 1.70. The van der Waals surface area contributed by atoms with Gasteiger partial charge in [0.05, 0.1) is 6.20 Å². The summed E-state index contributed by atoms with van der Waals surface area (Å²) in [7, 11) is 1.84. The first-order valence-electron chi connectivity index (χ1n) is 7.96. The van der Waals surface area contributed by atoms with Gasteiger partial charge in [-0.25, -0.2) is 0 Å². The molecule has 3 rings (SSSR count). The monoisotopic (exact) mass is 322 g/mol. The molecule has 0 fully saturated rings. The second-order valence-electron chi connectivity index (χ2n) is 6.22. The summed E-state index contributed by atoms with van der Waals surface area (Å²) in [5.41, 5.74) is 3.34. The highest BCUT2D eigenvalue weighted by Crippen LogP contribution is 2.21. The fraction of sp³-hybridized carbons (Fsp3) is 0.263. The van der Waals surface area contributed by atoms with Gasteiger partial charge in [0.1, 0.15) is 5.60 Å². The fourth-order valence-electron chi connectivity index (χ4n) is 2.66. The Morgan fingerprint density at radius 3 is 2.67 bits per heavy atom. The number of aromatic nitrogens is 3. The van der Waals surface area contributed by atoms with Crippen molar-refractivity contribution in [1.82, 2.24) is 20.1 Å². The predicted octanol–water partition coefficient (Wildman–Crippen LogP) is 2.48. The maximum Gasteiger partial charge on any atom is 0.102 e. The van der Waals surface area contributed by atoms with E-state index in [0.717, 1.165) is 16.7 Å². The lowest BCUT2D eigenvalue weighted by Gasteiger charge is -2.22. The van der Waals surface area contributed by atoms with E-state index in [9.17, 15) is 5.11 Å². The topological polar surface area (TPSA) is 63.0 Å². The third-order valence-electron chi connectivity index (χ3n) is 4.07. The van der Waals surface area contributed by atoms with Crippen LogP contribution in [0.5, 0.6) is 0 Å². The number of aryl methyl sites for hydroxylation is 1. The second-order valence-corrected chi connectivity index (χ2v) is 6.22. The first kappa shape index (κ1) is 16.4. The molecule has 0 aliphatic heterocycles. The van der Waals surface area contributed by atoms with E-state index in [4.69, 9.17) is 0 Å². The minimum absolute atomic E-state index is 0.457. The van der Waals surface area contributed by atoms with Gasteiger partial charge in [-0.1, -0.05) is 18.2 Å². The normalized spacial score (nSPS) is 13.6. The maximum absolute atomic E-state index is 10.6. The molecule has 2 N–H and O–H groups in total. The Hall–Kier alpha value is -2.50. The van der Waals surface area contributed by atoms with Crippen molar-refractivity contribution in [2.24, 2.45) is 7.05 Å². The highest BCUT2D eigenvalue weighted by molar-refractivity contribution is 5.63. The number of nitrogens with one attached hydrogen (secondary N) is 1. The number of rotatable bonds is 6. The van der Waals surface area contributed by atoms with Crippen LogP contribution in [0.3, 0.4) is 0 Å². The molecule has 0 saturated heterocycles. The molecule has 0 amide bonds. The number of hydrogen-bond donors (Lipinski definition) is 2. The molecule has 1 unspecified atom stereocenters. The van der Waals surface area contributed by atoms with E-state index in [-0.39, 0.29) is 0 Å². The van der Waals surface area contributed by atoms with Gasteiger partial charge in [-0.05, 0) is 41.8 Å². The second kappa shape index (κ2) is 6.95. The maximum atomic E-state index is 10.6. The van der Waals surface area contributed by atoms with Gasteiger partial charge < -0.3 is 10.4 Å². The van der Waals surface area contributed by atoms with E-state index in [1.54, 1.807) is 30.2 Å². The van der Waals surface area contributed by atoms with Gasteiger partial charge in [0.15, 0.2) is 0 Å². The highest BCUT2D eigenvalue weighted by atomic mass is 16.3. The van der Waals surface area contributed by atoms with Gasteiger partial charge >= 0.3 is 0 Å². The lowest BCUT2D eigenvalue weighted by molar-refractivity contribution is 0.0566. The quantitative estimate of drug-likeness (QED) is 0.732. The van der Waals surface area contributed by atoms with E-state index < -0.39 is 5.60 Å². The summed E-state index contributed by atoms with van der Waals surface area (Å²) in [5.74, 6) is 0. The number of nitrogens with zero attached hydrogens (tertiary/aromatic N) is 3. The zero-order valence-electron chi connectivity index (χ0n) is 14.0. The molecular formula is C19H22N4O. The largest absolute Gasteiger partial charge is 0.384 e. The fourth-order valence-corrected chi connectivity index (χ4v) is 2.66. The van der Waals surface area contributed by atoms with Crippen LogP contribution in [0, 0.1) is 0 Å². The minimum atomic E-state index is -0.947. The Kier molecular flexibility index (Phi) is 4.74. The van der Waals surface area contributed by atoms with Crippen LogP contribution in [0.25, 0.3) is 11.1 Å². The van der Waals surface area contributed by atoms with Crippen LogP contribution in [0.2, 0.25) is 0 Å². The third-order valence-corrected chi connectivity index (χ3v) is 4.07. The van der Waals surface area contributed by atoms with Crippen molar-refractivity contribution in [2.75, 3.05) is 6.54 Å². The first-order chi connectivity index (χ1) is 11.5. The van der Waals surface area contributed by atoms with Crippen LogP contribution in [0.4, 0.5) is 0 Å². The Balaban J connectivity index is 1.63. The number of hydrogen-bond acceptors (Lipinski definition) is 4. The summed E-state index contributed by atoms with van der Waals surface area (Å²) in [6.07, 6.45) is 7.13. The molecule has 2 aromatic heterocycles. The average molecular weight is 322 g/mol. The molecule has 0 spiro atoms. The molecule has 5 heteroatoms. The standard InChI is InChI=1S/C19H22N4O/c1-19(24,18-12-22-23(2)13-18)14-21-11-15-4-3-5-17(10-15)16-6-8-20-9-7-16/h3-10,12-13,21,24H,11,14H2,1-2H3. The number of aliphatic hydroxyl groups is 1. The molecule has 0 radical (unpaired) electrons. The molecule has 0 saturated carbocycles. The summed E-state index contributed by atoms with van der Waals surface area (Å²) in [6.45, 7) is 2.94. The molecule has 2 heterocycles. The van der Waals surface area contributed by atoms with Crippen LogP contribution < -0.4 is 5.32 Å². The Morgan fingerprint density at radius 1 is 1.17 bits per heavy atom. The molecular weight excluding hydrogens is 300 g/mol. The molecule has 0 aliphatic rings. The van der Waals surface area contributed by atoms with Gasteiger partial charge in [0.2, 0.25) is 0 Å². The zero-order chi connectivity index (χ0) is 17.0. The summed E-state index contributed by atoms with van der Waals surface area (Å²) in [6, 6.07) is 12.4. The minimum Gasteiger partial charge on any atom is -0.384 e. The molecule has 3 aromatic rings. The number of benzene rings is 1. The van der Waals surface area contributed by atoms with Gasteiger partial charge in [0, 0.05) is 44.3 Å². The summed E-state index contributed by atoms with van der Waals surface area (Å²) in [5, 5.41) is 18.0. The van der Waals surface area contributed by atoms with Crippen molar-refractivity contribution >= 4 is 0 Å². The molecule has 0 aliphatic carbocycles. The van der Waals surface area contributed by atoms with E-state index in [0.29, 0.717) is 13.1 Å². The van der Waals surface area contributed by atoms with Crippen molar-refractivity contribution in [3.05, 3.63) is 72.3 Å². The Labute approximate surface area is 142 Å². The van der Waals surface area contributed by atoms with E-state index >= 15 is 0 Å². The van der Waals surface area contributed by atoms with E-state index in [2.05, 4.69) is 33.6 Å². The van der Waals surface area contributed by atoms with Gasteiger partial charge in [-0.3, -0.25) is 9.67 Å². The molecule has 1 atom stereocenters. The van der Waals surface area contributed by atoms with Crippen molar-refractivity contribution < 1.29 is 5.11 Å². The lowest BCUT2D eigenvalue weighted by Crippen LogP contribution is -2.34. The summed E-state index contributed by atoms with van der Waals surface area (Å²) >= 11 is 0. The van der Waals surface area contributed by atoms with E-state index in [1.165, 1.54) is 5.56 Å². The van der Waals surface area contributed by atoms with Crippen LogP contribution in [-0.2, 0) is 19.2 Å². The highest BCUT2D eigenvalue weighted by Gasteiger charge is 2.24. The smallest absolute Gasteiger partial charge is 0.102 e. The van der Waals surface area contributed by atoms with Gasteiger partial charge in [-0.15, -0.1) is 0 Å². The van der Waals surface area contributed by atoms with Crippen LogP contribution >= 0.6 is 0 Å². The van der Waals surface area contributed by atoms with Crippen LogP contribution in [-0.4, -0.2) is 26.4 Å². The molecule has 0 bridgehead atoms. The SMILES string of the molecule is Cn1cc(C(C)(O)CNCc2cccc(-c3ccncc3)c2)cn1. The average Bonchev–Trinajstić information content (AvgIpc) is 3.03. The Morgan fingerprint density at radius 2 is 1.96 bits per heavy atom. The van der Waals surface area contributed by atoms with Crippen molar-refractivity contribution in [2.45, 2.75) is 19.1 Å². The number of pyridine rings is 1. The predicted molar refractivity (Wildman–Crippen MR) is 94.2 cm³/mol. The van der Waals surface area contributed by atoms with Crippen LogP contribution in [0.1, 0.15) is 18.1 Å². The molecule has 1 aromatic carbocycles. The molecule has 5 nitrogen and oxygen atoms in total. The van der Waals surface area contributed by atoms with Gasteiger partial charge in [0.25, 0.3) is 0 Å². The van der Waals surface area contributed by atoms with E-state index in [1.807, 2.05) is 31.4 Å². The van der Waals surface area contributed by atoms with Crippen molar-refractivity contribution in [1.29, 1.82) is 0 Å². The summed E-state index contributed by atoms with van der Waals surface area (Å²) in [4.78, 5) is 4.05. The van der Waals surface area contributed by atoms with Gasteiger partial charge in [-0.2, -0.15) is 5.10 Å². The zero-order valence-corrected chi connectivity index (χ0v) is 14.0. The molecule has 124 valence electrons. The van der Waals surface area contributed by atoms with Crippen molar-refractivity contribution in [3.8, 4) is 11.1 Å². The van der Waals surface area contributed by atoms with Crippen molar-refractivity contribution in [3.63, 3.8) is 0 Å². The third kappa shape index (κ3) is 3.88. The Bertz CT molecular complexity index is 796. The lowest BCUT2D eigenvalue weighted by atomic mass is 9.99.